The van der Waals surface area contributed by atoms with Gasteiger partial charge in [0.25, 0.3) is 11.8 Å². The van der Waals surface area contributed by atoms with Gasteiger partial charge in [-0.2, -0.15) is 0 Å². The van der Waals surface area contributed by atoms with E-state index in [1.807, 2.05) is 182 Å². The smallest absolute Gasteiger partial charge is 0.261 e. The molecule has 0 aliphatic carbocycles. The molecule has 12 nitrogen and oxygen atoms in total. The first-order valence-electron chi connectivity index (χ1n) is 22.8. The number of pyridine rings is 1. The van der Waals surface area contributed by atoms with Gasteiger partial charge in [0.1, 0.15) is 23.0 Å². The molecular weight excluding hydrogens is 877 g/mol. The highest BCUT2D eigenvalue weighted by Crippen LogP contribution is 2.47. The Labute approximate surface area is 407 Å². The Bertz CT molecular complexity index is 3120. The molecule has 0 fully saturated rings. The van der Waals surface area contributed by atoms with Crippen molar-refractivity contribution in [3.8, 4) is 23.0 Å². The van der Waals surface area contributed by atoms with Crippen molar-refractivity contribution < 1.29 is 28.5 Å². The second kappa shape index (κ2) is 19.7. The number of hydrogen-bond acceptors (Lipinski definition) is 10. The summed E-state index contributed by atoms with van der Waals surface area (Å²) in [5.74, 6) is 2.34. The molecule has 70 heavy (non-hydrogen) atoms. The molecule has 4 heterocycles. The molecule has 0 radical (unpaired) electrons. The number of benzene rings is 6. The molecule has 0 bridgehead atoms. The minimum absolute atomic E-state index is 0.224. The Hall–Kier alpha value is -9.03. The van der Waals surface area contributed by atoms with E-state index in [4.69, 9.17) is 23.9 Å². The lowest BCUT2D eigenvalue weighted by molar-refractivity contribution is -0.124. The Kier molecular flexibility index (Phi) is 12.6. The number of anilines is 5. The summed E-state index contributed by atoms with van der Waals surface area (Å²) in [6.07, 6.45) is 5.78. The Morgan fingerprint density at radius 2 is 0.971 bits per heavy atom. The maximum absolute atomic E-state index is 15.4. The highest BCUT2D eigenvalue weighted by atomic mass is 16.5. The zero-order valence-corrected chi connectivity index (χ0v) is 39.2. The summed E-state index contributed by atoms with van der Waals surface area (Å²) in [4.78, 5) is 43.5. The third-order valence-corrected chi connectivity index (χ3v) is 12.5. The number of amides is 2. The van der Waals surface area contributed by atoms with Crippen LogP contribution < -0.4 is 34.1 Å². The van der Waals surface area contributed by atoms with E-state index in [1.54, 1.807) is 44.4 Å². The molecule has 1 N–H and O–H groups in total. The second-order valence-electron chi connectivity index (χ2n) is 16.7. The van der Waals surface area contributed by atoms with Crippen LogP contribution in [0.5, 0.6) is 23.0 Å². The standard InChI is InChI=1S/C58H50N6O6/c1-67-47-26-18-41(19-27-47)63(42-20-28-48(68-2)29-21-42)45-24-32-51(59-35-45)55-53-54(58(66)61(55)37-39-12-7-5-8-13-39)56(62(57(53)65)38-40-14-9-6-10-15-40)52-33-25-46(36-60-52)64(43-22-30-49(69-3)31-23-43)44-16-11-17-50(34-44)70-4/h5-34,36,59H,35,37-38H2,1-4H3. The van der Waals surface area contributed by atoms with Gasteiger partial charge >= 0.3 is 0 Å². The van der Waals surface area contributed by atoms with Crippen LogP contribution in [0.2, 0.25) is 0 Å². The quantitative estimate of drug-likeness (QED) is 0.101. The minimum atomic E-state index is -0.287. The van der Waals surface area contributed by atoms with Gasteiger partial charge in [0, 0.05) is 34.5 Å². The average molecular weight is 927 g/mol. The molecule has 7 aromatic rings. The van der Waals surface area contributed by atoms with Gasteiger partial charge in [0.2, 0.25) is 0 Å². The van der Waals surface area contributed by atoms with Crippen molar-refractivity contribution in [1.29, 1.82) is 0 Å². The summed E-state index contributed by atoms with van der Waals surface area (Å²) in [6, 6.07) is 54.8. The van der Waals surface area contributed by atoms with Crippen LogP contribution in [-0.2, 0) is 22.7 Å². The lowest BCUT2D eigenvalue weighted by Gasteiger charge is -2.32. The van der Waals surface area contributed by atoms with Crippen molar-refractivity contribution in [2.45, 2.75) is 13.1 Å². The van der Waals surface area contributed by atoms with Crippen molar-refractivity contribution in [1.82, 2.24) is 20.1 Å². The molecule has 2 amide bonds. The molecule has 0 spiro atoms. The topological polar surface area (TPSA) is 109 Å². The first-order valence-corrected chi connectivity index (χ1v) is 22.8. The van der Waals surface area contributed by atoms with E-state index in [0.717, 1.165) is 62.5 Å². The summed E-state index contributed by atoms with van der Waals surface area (Å²) in [5, 5.41) is 3.65. The number of carbonyl (C=O) groups is 2. The van der Waals surface area contributed by atoms with E-state index in [1.165, 1.54) is 0 Å². The minimum Gasteiger partial charge on any atom is -0.497 e. The van der Waals surface area contributed by atoms with Crippen molar-refractivity contribution >= 4 is 45.9 Å². The van der Waals surface area contributed by atoms with E-state index < -0.39 is 0 Å². The molecule has 0 atom stereocenters. The third-order valence-electron chi connectivity index (χ3n) is 12.5. The zero-order chi connectivity index (χ0) is 48.1. The summed E-state index contributed by atoms with van der Waals surface area (Å²) in [6.45, 7) is 0.842. The SMILES string of the molecule is COc1ccc(N(C2=CC=C(C3=C4C(=O)N(Cc5ccccc5)C(c5ccc(N(c6ccc(OC)cc6)c6cccc(OC)c6)cn5)=C4C(=O)N3Cc3ccccc3)NC2)c2ccc(OC)cc2)cc1. The van der Waals surface area contributed by atoms with Crippen LogP contribution in [0, 0.1) is 0 Å². The van der Waals surface area contributed by atoms with Crippen LogP contribution >= 0.6 is 0 Å². The molecule has 0 saturated heterocycles. The summed E-state index contributed by atoms with van der Waals surface area (Å²) in [5.41, 5.74) is 9.80. The first kappa shape index (κ1) is 44.8. The predicted octanol–water partition coefficient (Wildman–Crippen LogP) is 10.8. The van der Waals surface area contributed by atoms with Gasteiger partial charge in [-0.25, -0.2) is 0 Å². The van der Waals surface area contributed by atoms with Gasteiger partial charge in [-0.1, -0.05) is 66.7 Å². The molecule has 348 valence electrons. The summed E-state index contributed by atoms with van der Waals surface area (Å²) in [7, 11) is 6.58. The number of ether oxygens (including phenoxy) is 4. The molecule has 10 rings (SSSR count). The number of carbonyl (C=O) groups excluding carboxylic acids is 2. The number of allylic oxidation sites excluding steroid dienone is 2. The third kappa shape index (κ3) is 8.69. The Morgan fingerprint density at radius 3 is 1.44 bits per heavy atom. The summed E-state index contributed by atoms with van der Waals surface area (Å²) >= 11 is 0. The van der Waals surface area contributed by atoms with Crippen LogP contribution in [-0.4, -0.2) is 61.6 Å². The fraction of sp³-hybridized carbons (Fsp3) is 0.121. The average Bonchev–Trinajstić information content (AvgIpc) is 3.86. The summed E-state index contributed by atoms with van der Waals surface area (Å²) < 4.78 is 22.1. The maximum Gasteiger partial charge on any atom is 0.261 e. The van der Waals surface area contributed by atoms with Gasteiger partial charge in [0.15, 0.2) is 0 Å². The van der Waals surface area contributed by atoms with Gasteiger partial charge in [0.05, 0.1) is 93.9 Å². The van der Waals surface area contributed by atoms with Crippen LogP contribution in [0.15, 0.2) is 216 Å². The number of nitrogens with zero attached hydrogens (tertiary/aromatic N) is 5. The molecule has 6 aromatic carbocycles. The number of fused-ring (bicyclic) bond motifs is 1. The number of aromatic nitrogens is 1. The van der Waals surface area contributed by atoms with Crippen molar-refractivity contribution in [2.24, 2.45) is 0 Å². The molecule has 3 aliphatic heterocycles. The van der Waals surface area contributed by atoms with Gasteiger partial charge in [-0.05, 0) is 120 Å². The molecule has 3 aliphatic rings. The predicted molar refractivity (Wildman–Crippen MR) is 272 cm³/mol. The van der Waals surface area contributed by atoms with Crippen LogP contribution in [0.1, 0.15) is 16.8 Å². The van der Waals surface area contributed by atoms with Gasteiger partial charge < -0.3 is 43.9 Å². The second-order valence-corrected chi connectivity index (χ2v) is 16.7. The monoisotopic (exact) mass is 926 g/mol. The van der Waals surface area contributed by atoms with E-state index in [0.29, 0.717) is 46.2 Å². The normalized spacial score (nSPS) is 14.2. The maximum atomic E-state index is 15.4. The fourth-order valence-corrected chi connectivity index (χ4v) is 9.11. The van der Waals surface area contributed by atoms with E-state index in [9.17, 15) is 0 Å². The highest BCUT2D eigenvalue weighted by molar-refractivity contribution is 6.25. The zero-order valence-electron chi connectivity index (χ0n) is 39.2. The molecule has 12 heteroatoms. The number of hydrogen-bond donors (Lipinski definition) is 1. The first-order chi connectivity index (χ1) is 34.3. The van der Waals surface area contributed by atoms with Crippen LogP contribution in [0.4, 0.5) is 28.4 Å². The Morgan fingerprint density at radius 1 is 0.486 bits per heavy atom. The van der Waals surface area contributed by atoms with Crippen molar-refractivity contribution in [3.63, 3.8) is 0 Å². The van der Waals surface area contributed by atoms with E-state index in [2.05, 4.69) is 15.1 Å². The van der Waals surface area contributed by atoms with Gasteiger partial charge in [-0.3, -0.25) is 14.6 Å². The Balaban J connectivity index is 1.11. The van der Waals surface area contributed by atoms with Gasteiger partial charge in [-0.15, -0.1) is 0 Å². The lowest BCUT2D eigenvalue weighted by atomic mass is 10.0. The number of rotatable bonds is 16. The number of nitrogens with one attached hydrogen (secondary N) is 1. The van der Waals surface area contributed by atoms with Crippen LogP contribution in [0.25, 0.3) is 5.70 Å². The van der Waals surface area contributed by atoms with E-state index >= 15 is 9.59 Å². The fourth-order valence-electron chi connectivity index (χ4n) is 9.11. The largest absolute Gasteiger partial charge is 0.497 e. The molecule has 0 saturated carbocycles. The number of dihydropyridines is 1. The molecular formula is C58H50N6O6. The van der Waals surface area contributed by atoms with Crippen molar-refractivity contribution in [2.75, 3.05) is 44.8 Å². The van der Waals surface area contributed by atoms with Crippen molar-refractivity contribution in [3.05, 3.63) is 233 Å². The molecule has 1 aromatic heterocycles. The lowest BCUT2D eigenvalue weighted by Crippen LogP contribution is -2.35. The molecule has 0 unspecified atom stereocenters. The van der Waals surface area contributed by atoms with Crippen LogP contribution in [0.3, 0.4) is 0 Å². The highest BCUT2D eigenvalue weighted by Gasteiger charge is 2.50. The number of methoxy groups -OCH3 is 4. The van der Waals surface area contributed by atoms with E-state index in [-0.39, 0.29) is 24.9 Å².